The lowest BCUT2D eigenvalue weighted by molar-refractivity contribution is 0.0953. The maximum absolute atomic E-state index is 13.0. The Labute approximate surface area is 192 Å². The number of rotatable bonds is 5. The number of ether oxygens (including phenoxy) is 1. The minimum absolute atomic E-state index is 0.275. The maximum atomic E-state index is 13.0. The third-order valence-corrected chi connectivity index (χ3v) is 6.03. The Morgan fingerprint density at radius 2 is 1.73 bits per heavy atom. The van der Waals surface area contributed by atoms with Gasteiger partial charge in [0.15, 0.2) is 5.76 Å². The highest BCUT2D eigenvalue weighted by Crippen LogP contribution is 2.30. The third kappa shape index (κ3) is 4.53. The SMILES string of the molecule is COc1ccc(C(=O)N/N=C2\CCCc3oc(C(=O)Nc4cccc(C)c4C)c(C)c32)cc1. The molecule has 0 bridgehead atoms. The van der Waals surface area contributed by atoms with Crippen molar-refractivity contribution in [1.82, 2.24) is 5.43 Å². The van der Waals surface area contributed by atoms with Crippen molar-refractivity contribution < 1.29 is 18.7 Å². The van der Waals surface area contributed by atoms with E-state index in [0.29, 0.717) is 23.4 Å². The summed E-state index contributed by atoms with van der Waals surface area (Å²) in [6, 6.07) is 12.6. The van der Waals surface area contributed by atoms with Crippen LogP contribution < -0.4 is 15.5 Å². The van der Waals surface area contributed by atoms with Crippen molar-refractivity contribution in [2.45, 2.75) is 40.0 Å². The van der Waals surface area contributed by atoms with E-state index < -0.39 is 0 Å². The Hall–Kier alpha value is -3.87. The van der Waals surface area contributed by atoms with Crippen molar-refractivity contribution in [3.63, 3.8) is 0 Å². The van der Waals surface area contributed by atoms with Crippen LogP contribution in [-0.2, 0) is 6.42 Å². The zero-order chi connectivity index (χ0) is 23.5. The summed E-state index contributed by atoms with van der Waals surface area (Å²) in [5.41, 5.74) is 8.24. The minimum atomic E-state index is -0.314. The summed E-state index contributed by atoms with van der Waals surface area (Å²) in [7, 11) is 1.57. The first-order valence-electron chi connectivity index (χ1n) is 10.9. The first-order valence-corrected chi connectivity index (χ1v) is 10.9. The van der Waals surface area contributed by atoms with Gasteiger partial charge in [0.05, 0.1) is 12.8 Å². The van der Waals surface area contributed by atoms with Gasteiger partial charge in [-0.2, -0.15) is 5.10 Å². The van der Waals surface area contributed by atoms with Gasteiger partial charge in [-0.15, -0.1) is 0 Å². The summed E-state index contributed by atoms with van der Waals surface area (Å²) in [5.74, 6) is 1.07. The van der Waals surface area contributed by atoms with Crippen LogP contribution in [0.3, 0.4) is 0 Å². The average Bonchev–Trinajstić information content (AvgIpc) is 3.17. The summed E-state index contributed by atoms with van der Waals surface area (Å²) >= 11 is 0. The molecular weight excluding hydrogens is 418 g/mol. The number of furan rings is 1. The molecule has 4 rings (SSSR count). The number of hydrogen-bond donors (Lipinski definition) is 2. The smallest absolute Gasteiger partial charge is 0.291 e. The van der Waals surface area contributed by atoms with E-state index in [4.69, 9.17) is 9.15 Å². The molecule has 0 unspecified atom stereocenters. The molecule has 170 valence electrons. The van der Waals surface area contributed by atoms with Gasteiger partial charge in [-0.05, 0) is 75.1 Å². The molecule has 7 heteroatoms. The Bertz CT molecular complexity index is 1240. The molecule has 1 aromatic heterocycles. The lowest BCUT2D eigenvalue weighted by Crippen LogP contribution is -2.22. The van der Waals surface area contributed by atoms with Crippen molar-refractivity contribution >= 4 is 23.2 Å². The summed E-state index contributed by atoms with van der Waals surface area (Å²) < 4.78 is 11.1. The van der Waals surface area contributed by atoms with Gasteiger partial charge in [-0.1, -0.05) is 12.1 Å². The lowest BCUT2D eigenvalue weighted by atomic mass is 9.93. The van der Waals surface area contributed by atoms with Crippen LogP contribution in [0.15, 0.2) is 52.0 Å². The standard InChI is InChI=1S/C26H27N3O4/c1-15-7-5-8-20(16(15)2)27-26(31)24-17(3)23-21(9-6-10-22(23)33-24)28-29-25(30)18-11-13-19(32-4)14-12-18/h5,7-8,11-14H,6,9-10H2,1-4H3,(H,27,31)(H,29,30)/b28-21+. The van der Waals surface area contributed by atoms with E-state index in [1.807, 2.05) is 39.0 Å². The summed E-state index contributed by atoms with van der Waals surface area (Å²) in [6.07, 6.45) is 2.24. The second-order valence-corrected chi connectivity index (χ2v) is 8.14. The fraction of sp³-hybridized carbons (Fsp3) is 0.269. The molecule has 2 amide bonds. The van der Waals surface area contributed by atoms with Gasteiger partial charge in [0.25, 0.3) is 11.8 Å². The number of hydrogen-bond acceptors (Lipinski definition) is 5. The predicted octanol–water partition coefficient (Wildman–Crippen LogP) is 4.94. The number of methoxy groups -OCH3 is 1. The number of amides is 2. The monoisotopic (exact) mass is 445 g/mol. The first-order chi connectivity index (χ1) is 15.9. The number of carbonyl (C=O) groups excluding carboxylic acids is 2. The molecule has 7 nitrogen and oxygen atoms in total. The van der Waals surface area contributed by atoms with Crippen LogP contribution in [0.2, 0.25) is 0 Å². The molecule has 1 aliphatic rings. The van der Waals surface area contributed by atoms with Gasteiger partial charge in [0, 0.05) is 28.8 Å². The van der Waals surface area contributed by atoms with Crippen molar-refractivity contribution in [2.24, 2.45) is 5.10 Å². The van der Waals surface area contributed by atoms with E-state index in [-0.39, 0.29) is 17.6 Å². The summed E-state index contributed by atoms with van der Waals surface area (Å²) in [6.45, 7) is 5.83. The summed E-state index contributed by atoms with van der Waals surface area (Å²) in [5, 5.41) is 7.34. The summed E-state index contributed by atoms with van der Waals surface area (Å²) in [4.78, 5) is 25.5. The highest BCUT2D eigenvalue weighted by Gasteiger charge is 2.28. The van der Waals surface area contributed by atoms with E-state index in [1.165, 1.54) is 0 Å². The van der Waals surface area contributed by atoms with Gasteiger partial charge in [-0.25, -0.2) is 5.43 Å². The molecule has 0 spiro atoms. The van der Waals surface area contributed by atoms with Gasteiger partial charge in [0.2, 0.25) is 0 Å². The largest absolute Gasteiger partial charge is 0.497 e. The first kappa shape index (κ1) is 22.3. The number of hydrazone groups is 1. The van der Waals surface area contributed by atoms with Gasteiger partial charge in [0.1, 0.15) is 11.5 Å². The number of anilines is 1. The Morgan fingerprint density at radius 3 is 2.45 bits per heavy atom. The number of fused-ring (bicyclic) bond motifs is 1. The van der Waals surface area contributed by atoms with E-state index in [9.17, 15) is 9.59 Å². The van der Waals surface area contributed by atoms with Crippen molar-refractivity contribution in [3.05, 3.63) is 81.8 Å². The zero-order valence-corrected chi connectivity index (χ0v) is 19.2. The number of nitrogens with one attached hydrogen (secondary N) is 2. The van der Waals surface area contributed by atoms with E-state index in [0.717, 1.165) is 46.5 Å². The normalized spacial score (nSPS) is 14.0. The number of benzene rings is 2. The van der Waals surface area contributed by atoms with Crippen molar-refractivity contribution in [3.8, 4) is 5.75 Å². The topological polar surface area (TPSA) is 92.9 Å². The van der Waals surface area contributed by atoms with Gasteiger partial charge < -0.3 is 14.5 Å². The Kier molecular flexibility index (Phi) is 6.31. The molecule has 1 aliphatic carbocycles. The third-order valence-electron chi connectivity index (χ3n) is 6.03. The number of nitrogens with zero attached hydrogens (tertiary/aromatic N) is 1. The number of carbonyl (C=O) groups is 2. The number of aryl methyl sites for hydroxylation is 2. The van der Waals surface area contributed by atoms with Crippen LogP contribution in [-0.4, -0.2) is 24.6 Å². The second-order valence-electron chi connectivity index (χ2n) is 8.14. The molecule has 0 saturated carbocycles. The van der Waals surface area contributed by atoms with E-state index in [1.54, 1.807) is 31.4 Å². The second kappa shape index (κ2) is 9.32. The Morgan fingerprint density at radius 1 is 0.970 bits per heavy atom. The molecule has 0 radical (unpaired) electrons. The van der Waals surface area contributed by atoms with E-state index >= 15 is 0 Å². The molecule has 3 aromatic rings. The molecule has 2 N–H and O–H groups in total. The van der Waals surface area contributed by atoms with Crippen LogP contribution >= 0.6 is 0 Å². The molecule has 1 heterocycles. The minimum Gasteiger partial charge on any atom is -0.497 e. The predicted molar refractivity (Wildman–Crippen MR) is 127 cm³/mol. The molecule has 0 aliphatic heterocycles. The molecule has 2 aromatic carbocycles. The van der Waals surface area contributed by atoms with Crippen LogP contribution in [0.4, 0.5) is 5.69 Å². The van der Waals surface area contributed by atoms with Crippen LogP contribution in [0.25, 0.3) is 0 Å². The van der Waals surface area contributed by atoms with E-state index in [2.05, 4.69) is 15.8 Å². The fourth-order valence-electron chi connectivity index (χ4n) is 3.99. The molecule has 0 fully saturated rings. The zero-order valence-electron chi connectivity index (χ0n) is 19.2. The quantitative estimate of drug-likeness (QED) is 0.544. The molecule has 33 heavy (non-hydrogen) atoms. The molecular formula is C26H27N3O4. The maximum Gasteiger partial charge on any atom is 0.291 e. The molecule has 0 atom stereocenters. The highest BCUT2D eigenvalue weighted by atomic mass is 16.5. The Balaban J connectivity index is 1.56. The van der Waals surface area contributed by atoms with Crippen molar-refractivity contribution in [1.29, 1.82) is 0 Å². The van der Waals surface area contributed by atoms with Crippen LogP contribution in [0, 0.1) is 20.8 Å². The van der Waals surface area contributed by atoms with Gasteiger partial charge in [-0.3, -0.25) is 9.59 Å². The van der Waals surface area contributed by atoms with Gasteiger partial charge >= 0.3 is 0 Å². The lowest BCUT2D eigenvalue weighted by Gasteiger charge is -2.13. The van der Waals surface area contributed by atoms with Crippen molar-refractivity contribution in [2.75, 3.05) is 12.4 Å². The fourth-order valence-corrected chi connectivity index (χ4v) is 3.99. The van der Waals surface area contributed by atoms with Crippen LogP contribution in [0.1, 0.15) is 61.8 Å². The van der Waals surface area contributed by atoms with Crippen LogP contribution in [0.5, 0.6) is 5.75 Å². The molecule has 0 saturated heterocycles. The average molecular weight is 446 g/mol. The highest BCUT2D eigenvalue weighted by molar-refractivity contribution is 6.09.